The maximum Gasteiger partial charge on any atom is 0.150 e. The molecule has 0 unspecified atom stereocenters. The van der Waals surface area contributed by atoms with Crippen LogP contribution < -0.4 is 10.2 Å². The van der Waals surface area contributed by atoms with Gasteiger partial charge in [0.25, 0.3) is 0 Å². The molecule has 4 nitrogen and oxygen atoms in total. The van der Waals surface area contributed by atoms with Crippen molar-refractivity contribution in [2.24, 2.45) is 7.05 Å². The lowest BCUT2D eigenvalue weighted by atomic mass is 9.92. The minimum atomic E-state index is 0.252. The minimum Gasteiger partial charge on any atom is -0.353 e. The molecule has 1 aromatic rings. The van der Waals surface area contributed by atoms with Crippen molar-refractivity contribution in [2.45, 2.75) is 45.6 Å². The van der Waals surface area contributed by atoms with Crippen molar-refractivity contribution in [3.8, 4) is 0 Å². The first-order valence-corrected chi connectivity index (χ1v) is 7.11. The number of aromatic nitrogens is 2. The Kier molecular flexibility index (Phi) is 3.95. The van der Waals surface area contributed by atoms with Crippen LogP contribution in [0.2, 0.25) is 0 Å². The summed E-state index contributed by atoms with van der Waals surface area (Å²) < 4.78 is 1.97. The third kappa shape index (κ3) is 2.53. The first kappa shape index (κ1) is 13.4. The molecule has 2 heterocycles. The molecule has 0 spiro atoms. The van der Waals surface area contributed by atoms with Crippen LogP contribution in [0.25, 0.3) is 0 Å². The third-order valence-corrected chi connectivity index (χ3v) is 4.38. The average molecular weight is 250 g/mol. The fourth-order valence-electron chi connectivity index (χ4n) is 2.74. The maximum atomic E-state index is 4.62. The number of hydrogen-bond acceptors (Lipinski definition) is 3. The van der Waals surface area contributed by atoms with E-state index < -0.39 is 0 Å². The van der Waals surface area contributed by atoms with Crippen molar-refractivity contribution < 1.29 is 0 Å². The van der Waals surface area contributed by atoms with E-state index in [1.807, 2.05) is 11.7 Å². The van der Waals surface area contributed by atoms with Crippen LogP contribution >= 0.6 is 0 Å². The number of aryl methyl sites for hydroxylation is 2. The number of nitrogens with one attached hydrogen (secondary N) is 1. The summed E-state index contributed by atoms with van der Waals surface area (Å²) in [6.45, 7) is 9.96. The lowest BCUT2D eigenvalue weighted by Gasteiger charge is -2.35. The predicted octanol–water partition coefficient (Wildman–Crippen LogP) is 2.09. The van der Waals surface area contributed by atoms with E-state index in [-0.39, 0.29) is 5.54 Å². The lowest BCUT2D eigenvalue weighted by Crippen LogP contribution is -2.50. The van der Waals surface area contributed by atoms with Crippen LogP contribution in [-0.4, -0.2) is 35.0 Å². The van der Waals surface area contributed by atoms with Crippen LogP contribution in [0.15, 0.2) is 6.07 Å². The highest BCUT2D eigenvalue weighted by Gasteiger charge is 2.31. The van der Waals surface area contributed by atoms with E-state index in [9.17, 15) is 0 Å². The van der Waals surface area contributed by atoms with Gasteiger partial charge in [-0.15, -0.1) is 0 Å². The molecule has 0 aromatic carbocycles. The Hall–Kier alpha value is -1.03. The molecule has 102 valence electrons. The topological polar surface area (TPSA) is 33.1 Å². The summed E-state index contributed by atoms with van der Waals surface area (Å²) in [5, 5.41) is 8.36. The summed E-state index contributed by atoms with van der Waals surface area (Å²) in [4.78, 5) is 2.44. The molecule has 1 aliphatic heterocycles. The Balaban J connectivity index is 2.21. The molecule has 1 saturated heterocycles. The average Bonchev–Trinajstić information content (AvgIpc) is 2.62. The van der Waals surface area contributed by atoms with Gasteiger partial charge in [-0.25, -0.2) is 0 Å². The zero-order chi connectivity index (χ0) is 13.2. The lowest BCUT2D eigenvalue weighted by molar-refractivity contribution is 0.321. The van der Waals surface area contributed by atoms with Gasteiger partial charge in [0.05, 0.1) is 0 Å². The number of hydrogen-bond donors (Lipinski definition) is 1. The number of rotatable bonds is 3. The van der Waals surface area contributed by atoms with Crippen LogP contribution in [0.4, 0.5) is 5.82 Å². The first-order valence-electron chi connectivity index (χ1n) is 7.11. The van der Waals surface area contributed by atoms with E-state index in [1.54, 1.807) is 0 Å². The Morgan fingerprint density at radius 3 is 2.67 bits per heavy atom. The summed E-state index contributed by atoms with van der Waals surface area (Å²) in [6, 6.07) is 2.20. The van der Waals surface area contributed by atoms with E-state index in [0.29, 0.717) is 0 Å². The fourth-order valence-corrected chi connectivity index (χ4v) is 2.74. The van der Waals surface area contributed by atoms with Gasteiger partial charge in [-0.1, -0.05) is 13.8 Å². The standard InChI is InChI=1S/C14H26N4/c1-5-14(6-2)11-18(9-7-8-15-14)13-10-12(3)17(4)16-13/h10,15H,5-9,11H2,1-4H3. The zero-order valence-electron chi connectivity index (χ0n) is 12.2. The highest BCUT2D eigenvalue weighted by atomic mass is 15.4. The van der Waals surface area contributed by atoms with E-state index in [1.165, 1.54) is 25.0 Å². The maximum absolute atomic E-state index is 4.62. The molecule has 1 fully saturated rings. The molecule has 0 radical (unpaired) electrons. The van der Waals surface area contributed by atoms with Crippen LogP contribution in [0.1, 0.15) is 38.8 Å². The highest BCUT2D eigenvalue weighted by Crippen LogP contribution is 2.23. The largest absolute Gasteiger partial charge is 0.353 e. The van der Waals surface area contributed by atoms with Crippen LogP contribution in [0.5, 0.6) is 0 Å². The van der Waals surface area contributed by atoms with Crippen LogP contribution in [0, 0.1) is 6.92 Å². The first-order chi connectivity index (χ1) is 8.60. The summed E-state index contributed by atoms with van der Waals surface area (Å²) in [5.41, 5.74) is 1.47. The highest BCUT2D eigenvalue weighted by molar-refractivity contribution is 5.40. The molecule has 18 heavy (non-hydrogen) atoms. The van der Waals surface area contributed by atoms with E-state index in [4.69, 9.17) is 0 Å². The van der Waals surface area contributed by atoms with Gasteiger partial charge in [-0.3, -0.25) is 4.68 Å². The summed E-state index contributed by atoms with van der Waals surface area (Å²) in [5.74, 6) is 1.13. The molecule has 0 aliphatic carbocycles. The van der Waals surface area contributed by atoms with Gasteiger partial charge in [0.15, 0.2) is 5.82 Å². The predicted molar refractivity (Wildman–Crippen MR) is 76.1 cm³/mol. The minimum absolute atomic E-state index is 0.252. The van der Waals surface area contributed by atoms with E-state index in [2.05, 4.69) is 42.2 Å². The normalized spacial score (nSPS) is 19.9. The second-order valence-corrected chi connectivity index (χ2v) is 5.46. The molecule has 1 N–H and O–H groups in total. The monoisotopic (exact) mass is 250 g/mol. The second-order valence-electron chi connectivity index (χ2n) is 5.46. The Morgan fingerprint density at radius 2 is 2.11 bits per heavy atom. The molecule has 0 amide bonds. The number of nitrogens with zero attached hydrogens (tertiary/aromatic N) is 3. The quantitative estimate of drug-likeness (QED) is 0.891. The fraction of sp³-hybridized carbons (Fsp3) is 0.786. The van der Waals surface area contributed by atoms with Gasteiger partial charge in [0.2, 0.25) is 0 Å². The van der Waals surface area contributed by atoms with Gasteiger partial charge >= 0.3 is 0 Å². The summed E-state index contributed by atoms with van der Waals surface area (Å²) in [6.07, 6.45) is 3.54. The smallest absolute Gasteiger partial charge is 0.150 e. The Labute approximate surface area is 110 Å². The van der Waals surface area contributed by atoms with Gasteiger partial charge in [-0.2, -0.15) is 5.10 Å². The van der Waals surface area contributed by atoms with E-state index >= 15 is 0 Å². The van der Waals surface area contributed by atoms with Crippen molar-refractivity contribution in [2.75, 3.05) is 24.5 Å². The van der Waals surface area contributed by atoms with Gasteiger partial charge < -0.3 is 10.2 Å². The number of anilines is 1. The van der Waals surface area contributed by atoms with Crippen LogP contribution in [0.3, 0.4) is 0 Å². The second kappa shape index (κ2) is 5.31. The van der Waals surface area contributed by atoms with Crippen molar-refractivity contribution in [1.82, 2.24) is 15.1 Å². The molecule has 4 heteroatoms. The molecule has 0 saturated carbocycles. The molecular weight excluding hydrogens is 224 g/mol. The van der Waals surface area contributed by atoms with Gasteiger partial charge in [-0.05, 0) is 32.7 Å². The molecule has 0 bridgehead atoms. The summed E-state index contributed by atoms with van der Waals surface area (Å²) in [7, 11) is 2.02. The molecule has 1 aromatic heterocycles. The summed E-state index contributed by atoms with van der Waals surface area (Å²) >= 11 is 0. The third-order valence-electron chi connectivity index (χ3n) is 4.38. The molecule has 2 rings (SSSR count). The van der Waals surface area contributed by atoms with Gasteiger partial charge in [0, 0.05) is 37.4 Å². The molecular formula is C14H26N4. The van der Waals surface area contributed by atoms with Crippen LogP contribution in [-0.2, 0) is 7.05 Å². The van der Waals surface area contributed by atoms with E-state index in [0.717, 1.165) is 25.5 Å². The van der Waals surface area contributed by atoms with Gasteiger partial charge in [0.1, 0.15) is 0 Å². The zero-order valence-corrected chi connectivity index (χ0v) is 12.2. The molecule has 0 atom stereocenters. The SMILES string of the molecule is CCC1(CC)CN(c2cc(C)n(C)n2)CCCN1. The van der Waals surface area contributed by atoms with Crippen molar-refractivity contribution >= 4 is 5.82 Å². The van der Waals surface area contributed by atoms with Crippen molar-refractivity contribution in [3.05, 3.63) is 11.8 Å². The van der Waals surface area contributed by atoms with Crippen molar-refractivity contribution in [3.63, 3.8) is 0 Å². The molecule has 1 aliphatic rings. The van der Waals surface area contributed by atoms with Crippen molar-refractivity contribution in [1.29, 1.82) is 0 Å². The Morgan fingerprint density at radius 1 is 1.39 bits per heavy atom. The Bertz CT molecular complexity index is 373.